The number of nitrogens with two attached hydrogens (primary N) is 1. The predicted molar refractivity (Wildman–Crippen MR) is 72.7 cm³/mol. The highest BCUT2D eigenvalue weighted by Gasteiger charge is 2.19. The van der Waals surface area contributed by atoms with E-state index in [1.807, 2.05) is 0 Å². The Hall–Kier alpha value is -0.510. The second-order valence-electron chi connectivity index (χ2n) is 4.66. The molecule has 17 heavy (non-hydrogen) atoms. The molecule has 1 aliphatic rings. The second kappa shape index (κ2) is 5.89. The van der Waals surface area contributed by atoms with Crippen molar-refractivity contribution >= 4 is 29.0 Å². The van der Waals surface area contributed by atoms with Gasteiger partial charge < -0.3 is 11.1 Å². The molecule has 0 bridgehead atoms. The van der Waals surface area contributed by atoms with Gasteiger partial charge in [0.2, 0.25) is 0 Å². The standard InChI is InChI=1S/C12H17Cl2N3/c13-9-5-11(14)12(17-7-9)16-6-8-2-1-3-10(15)4-8/h5,7-8,10H,1-4,6,15H2,(H,16,17). The van der Waals surface area contributed by atoms with Crippen molar-refractivity contribution in [3.8, 4) is 0 Å². The molecule has 1 fully saturated rings. The molecule has 3 nitrogen and oxygen atoms in total. The van der Waals surface area contributed by atoms with Crippen molar-refractivity contribution in [2.24, 2.45) is 11.7 Å². The first kappa shape index (κ1) is 12.9. The molecule has 2 rings (SSSR count). The van der Waals surface area contributed by atoms with Crippen LogP contribution in [0.2, 0.25) is 10.0 Å². The van der Waals surface area contributed by atoms with E-state index < -0.39 is 0 Å². The van der Waals surface area contributed by atoms with Crippen LogP contribution in [0.4, 0.5) is 5.82 Å². The minimum absolute atomic E-state index is 0.351. The normalized spacial score (nSPS) is 24.6. The summed E-state index contributed by atoms with van der Waals surface area (Å²) in [6.45, 7) is 0.877. The van der Waals surface area contributed by atoms with E-state index >= 15 is 0 Å². The number of nitrogens with one attached hydrogen (secondary N) is 1. The van der Waals surface area contributed by atoms with Gasteiger partial charge in [-0.05, 0) is 31.2 Å². The molecule has 1 aliphatic carbocycles. The molecule has 0 aromatic carbocycles. The van der Waals surface area contributed by atoms with Crippen molar-refractivity contribution in [2.45, 2.75) is 31.7 Å². The molecule has 2 atom stereocenters. The fourth-order valence-corrected chi connectivity index (χ4v) is 2.75. The topological polar surface area (TPSA) is 50.9 Å². The maximum atomic E-state index is 6.04. The molecule has 0 spiro atoms. The minimum Gasteiger partial charge on any atom is -0.369 e. The van der Waals surface area contributed by atoms with Crippen LogP contribution in [0.5, 0.6) is 0 Å². The van der Waals surface area contributed by atoms with Crippen molar-refractivity contribution in [3.63, 3.8) is 0 Å². The van der Waals surface area contributed by atoms with Gasteiger partial charge in [-0.2, -0.15) is 0 Å². The number of aromatic nitrogens is 1. The molecule has 0 aliphatic heterocycles. The summed E-state index contributed by atoms with van der Waals surface area (Å²) in [5, 5.41) is 4.40. The van der Waals surface area contributed by atoms with E-state index in [2.05, 4.69) is 10.3 Å². The van der Waals surface area contributed by atoms with Crippen molar-refractivity contribution in [2.75, 3.05) is 11.9 Å². The Labute approximate surface area is 112 Å². The van der Waals surface area contributed by atoms with Crippen LogP contribution in [0.3, 0.4) is 0 Å². The number of rotatable bonds is 3. The number of anilines is 1. The zero-order chi connectivity index (χ0) is 12.3. The van der Waals surface area contributed by atoms with E-state index in [0.717, 1.165) is 19.4 Å². The first-order valence-electron chi connectivity index (χ1n) is 5.95. The molecule has 5 heteroatoms. The van der Waals surface area contributed by atoms with Crippen LogP contribution in [0.1, 0.15) is 25.7 Å². The number of hydrogen-bond donors (Lipinski definition) is 2. The van der Waals surface area contributed by atoms with E-state index in [4.69, 9.17) is 28.9 Å². The molecule has 0 saturated heterocycles. The largest absolute Gasteiger partial charge is 0.369 e. The average molecular weight is 274 g/mol. The highest BCUT2D eigenvalue weighted by molar-refractivity contribution is 6.35. The van der Waals surface area contributed by atoms with Gasteiger partial charge in [0, 0.05) is 18.8 Å². The van der Waals surface area contributed by atoms with Gasteiger partial charge in [-0.25, -0.2) is 4.98 Å². The lowest BCUT2D eigenvalue weighted by Gasteiger charge is -2.26. The van der Waals surface area contributed by atoms with Crippen molar-refractivity contribution in [3.05, 3.63) is 22.3 Å². The van der Waals surface area contributed by atoms with Gasteiger partial charge in [0.05, 0.1) is 10.0 Å². The molecule has 1 heterocycles. The van der Waals surface area contributed by atoms with Gasteiger partial charge in [0.1, 0.15) is 5.82 Å². The zero-order valence-corrected chi connectivity index (χ0v) is 11.1. The maximum Gasteiger partial charge on any atom is 0.144 e. The van der Waals surface area contributed by atoms with Gasteiger partial charge in [-0.1, -0.05) is 29.6 Å². The molecule has 1 saturated carbocycles. The Kier molecular flexibility index (Phi) is 4.48. The van der Waals surface area contributed by atoms with E-state index in [1.165, 1.54) is 12.8 Å². The number of halogens is 2. The summed E-state index contributed by atoms with van der Waals surface area (Å²) < 4.78 is 0. The summed E-state index contributed by atoms with van der Waals surface area (Å²) in [6.07, 6.45) is 6.28. The van der Waals surface area contributed by atoms with E-state index in [-0.39, 0.29) is 0 Å². The lowest BCUT2D eigenvalue weighted by Crippen LogP contribution is -2.31. The quantitative estimate of drug-likeness (QED) is 0.889. The predicted octanol–water partition coefficient (Wildman–Crippen LogP) is 3.32. The van der Waals surface area contributed by atoms with Crippen LogP contribution < -0.4 is 11.1 Å². The smallest absolute Gasteiger partial charge is 0.144 e. The fourth-order valence-electron chi connectivity index (χ4n) is 2.30. The highest BCUT2D eigenvalue weighted by atomic mass is 35.5. The van der Waals surface area contributed by atoms with Crippen LogP contribution >= 0.6 is 23.2 Å². The summed E-state index contributed by atoms with van der Waals surface area (Å²) in [7, 11) is 0. The zero-order valence-electron chi connectivity index (χ0n) is 9.63. The maximum absolute atomic E-state index is 6.04. The Morgan fingerprint density at radius 1 is 1.41 bits per heavy atom. The highest BCUT2D eigenvalue weighted by Crippen LogP contribution is 2.26. The first-order chi connectivity index (χ1) is 8.15. The lowest BCUT2D eigenvalue weighted by molar-refractivity contribution is 0.335. The van der Waals surface area contributed by atoms with Crippen molar-refractivity contribution < 1.29 is 0 Å². The van der Waals surface area contributed by atoms with Crippen LogP contribution in [0.15, 0.2) is 12.3 Å². The lowest BCUT2D eigenvalue weighted by atomic mass is 9.86. The second-order valence-corrected chi connectivity index (χ2v) is 5.50. The minimum atomic E-state index is 0.351. The fraction of sp³-hybridized carbons (Fsp3) is 0.583. The molecule has 94 valence electrons. The summed E-state index contributed by atoms with van der Waals surface area (Å²) in [5.41, 5.74) is 5.96. The first-order valence-corrected chi connectivity index (χ1v) is 6.71. The Morgan fingerprint density at radius 3 is 2.94 bits per heavy atom. The molecule has 3 N–H and O–H groups in total. The van der Waals surface area contributed by atoms with Crippen LogP contribution in [0.25, 0.3) is 0 Å². The molecule has 0 radical (unpaired) electrons. The van der Waals surface area contributed by atoms with E-state index in [9.17, 15) is 0 Å². The van der Waals surface area contributed by atoms with E-state index in [1.54, 1.807) is 12.3 Å². The monoisotopic (exact) mass is 273 g/mol. The van der Waals surface area contributed by atoms with E-state index in [0.29, 0.717) is 27.8 Å². The third-order valence-electron chi connectivity index (χ3n) is 3.19. The van der Waals surface area contributed by atoms with Gasteiger partial charge in [-0.15, -0.1) is 0 Å². The van der Waals surface area contributed by atoms with Gasteiger partial charge in [0.25, 0.3) is 0 Å². The molecule has 2 unspecified atom stereocenters. The Bertz CT molecular complexity index is 384. The van der Waals surface area contributed by atoms with Gasteiger partial charge in [0.15, 0.2) is 0 Å². The average Bonchev–Trinajstić information content (AvgIpc) is 2.28. The molecule has 0 amide bonds. The molecule has 1 aromatic rings. The summed E-state index contributed by atoms with van der Waals surface area (Å²) in [5.74, 6) is 1.32. The Balaban J connectivity index is 1.88. The van der Waals surface area contributed by atoms with Gasteiger partial charge in [-0.3, -0.25) is 0 Å². The molecular formula is C12H17Cl2N3. The number of hydrogen-bond acceptors (Lipinski definition) is 3. The molecule has 1 aromatic heterocycles. The third kappa shape index (κ3) is 3.73. The van der Waals surface area contributed by atoms with Crippen LogP contribution in [0, 0.1) is 5.92 Å². The van der Waals surface area contributed by atoms with Crippen LogP contribution in [-0.4, -0.2) is 17.6 Å². The van der Waals surface area contributed by atoms with Crippen molar-refractivity contribution in [1.82, 2.24) is 4.98 Å². The molecular weight excluding hydrogens is 257 g/mol. The van der Waals surface area contributed by atoms with Crippen molar-refractivity contribution in [1.29, 1.82) is 0 Å². The number of pyridine rings is 1. The van der Waals surface area contributed by atoms with Gasteiger partial charge >= 0.3 is 0 Å². The number of nitrogens with zero attached hydrogens (tertiary/aromatic N) is 1. The SMILES string of the molecule is NC1CCCC(CNc2ncc(Cl)cc2Cl)C1. The third-order valence-corrected chi connectivity index (χ3v) is 3.68. The summed E-state index contributed by atoms with van der Waals surface area (Å²) >= 11 is 11.8. The Morgan fingerprint density at radius 2 is 2.24 bits per heavy atom. The summed E-state index contributed by atoms with van der Waals surface area (Å²) in [4.78, 5) is 4.17. The van der Waals surface area contributed by atoms with Crippen LogP contribution in [-0.2, 0) is 0 Å². The summed E-state index contributed by atoms with van der Waals surface area (Å²) in [6, 6.07) is 2.05.